The van der Waals surface area contributed by atoms with Gasteiger partial charge in [-0.25, -0.2) is 9.37 Å². The Morgan fingerprint density at radius 3 is 2.70 bits per heavy atom. The molecule has 0 saturated heterocycles. The van der Waals surface area contributed by atoms with Crippen LogP contribution in [-0.2, 0) is 9.59 Å². The second-order valence-electron chi connectivity index (χ2n) is 5.45. The molecule has 2 amide bonds. The van der Waals surface area contributed by atoms with Crippen LogP contribution in [0.5, 0.6) is 0 Å². The molecule has 3 N–H and O–H groups in total. The van der Waals surface area contributed by atoms with Crippen molar-refractivity contribution in [1.82, 2.24) is 20.6 Å². The van der Waals surface area contributed by atoms with E-state index in [4.69, 9.17) is 0 Å². The van der Waals surface area contributed by atoms with Gasteiger partial charge in [0.25, 0.3) is 5.56 Å². The lowest BCUT2D eigenvalue weighted by molar-refractivity contribution is -0.124. The summed E-state index contributed by atoms with van der Waals surface area (Å²) in [6.45, 7) is -0.106. The van der Waals surface area contributed by atoms with Gasteiger partial charge in [-0.3, -0.25) is 14.4 Å². The first kappa shape index (κ1) is 19.1. The molecular weight excluding hydrogens is 391 g/mol. The Kier molecular flexibility index (Phi) is 5.87. The van der Waals surface area contributed by atoms with Crippen molar-refractivity contribution in [1.29, 1.82) is 0 Å². The third-order valence-electron chi connectivity index (χ3n) is 3.64. The molecule has 0 aliphatic heterocycles. The van der Waals surface area contributed by atoms with Crippen LogP contribution in [0, 0.1) is 5.82 Å². The summed E-state index contributed by atoms with van der Waals surface area (Å²) in [4.78, 5) is 42.9. The van der Waals surface area contributed by atoms with Crippen molar-refractivity contribution in [2.45, 2.75) is 5.16 Å². The average molecular weight is 406 g/mol. The van der Waals surface area contributed by atoms with E-state index in [-0.39, 0.29) is 35.5 Å². The summed E-state index contributed by atoms with van der Waals surface area (Å²) in [5, 5.41) is 7.41. The van der Waals surface area contributed by atoms with E-state index in [2.05, 4.69) is 20.6 Å². The standard InChI is InChI=1S/C17H15FN4O3S2/c1-19-12(23)6-20-13(24)8-27-17-21-15(25)14-11(7-26-16(14)22-17)9-2-4-10(18)5-3-9/h2-5,7H,6,8H2,1H3,(H,19,23)(H,20,24)(H,21,22,25). The molecule has 0 radical (unpaired) electrons. The number of hydrogen-bond donors (Lipinski definition) is 3. The number of carbonyl (C=O) groups is 2. The number of halogens is 1. The van der Waals surface area contributed by atoms with Gasteiger partial charge in [0.05, 0.1) is 17.7 Å². The first-order valence-corrected chi connectivity index (χ1v) is 9.72. The van der Waals surface area contributed by atoms with Crippen LogP contribution in [0.4, 0.5) is 4.39 Å². The third-order valence-corrected chi connectivity index (χ3v) is 5.39. The van der Waals surface area contributed by atoms with Crippen LogP contribution in [0.25, 0.3) is 21.3 Å². The van der Waals surface area contributed by atoms with Crippen LogP contribution in [0.15, 0.2) is 39.6 Å². The van der Waals surface area contributed by atoms with Gasteiger partial charge in [0.15, 0.2) is 5.16 Å². The van der Waals surface area contributed by atoms with Gasteiger partial charge in [-0.1, -0.05) is 23.9 Å². The zero-order valence-corrected chi connectivity index (χ0v) is 15.8. The van der Waals surface area contributed by atoms with E-state index in [0.717, 1.165) is 17.3 Å². The van der Waals surface area contributed by atoms with Crippen LogP contribution in [0.2, 0.25) is 0 Å². The lowest BCUT2D eigenvalue weighted by atomic mass is 10.1. The fraction of sp³-hybridized carbons (Fsp3) is 0.176. The molecule has 0 fully saturated rings. The van der Waals surface area contributed by atoms with Gasteiger partial charge < -0.3 is 15.6 Å². The van der Waals surface area contributed by atoms with Gasteiger partial charge >= 0.3 is 0 Å². The lowest BCUT2D eigenvalue weighted by Gasteiger charge is -2.04. The van der Waals surface area contributed by atoms with Gasteiger partial charge in [0.1, 0.15) is 10.6 Å². The van der Waals surface area contributed by atoms with Crippen LogP contribution in [0.1, 0.15) is 0 Å². The average Bonchev–Trinajstić information content (AvgIpc) is 3.09. The molecule has 3 aromatic rings. The zero-order chi connectivity index (χ0) is 19.4. The number of amides is 2. The van der Waals surface area contributed by atoms with Gasteiger partial charge in [0.2, 0.25) is 11.8 Å². The molecule has 0 aliphatic carbocycles. The Balaban J connectivity index is 1.76. The number of carbonyl (C=O) groups excluding carboxylic acids is 2. The van der Waals surface area contributed by atoms with E-state index in [1.165, 1.54) is 30.5 Å². The first-order chi connectivity index (χ1) is 13.0. The lowest BCUT2D eigenvalue weighted by Crippen LogP contribution is -2.36. The summed E-state index contributed by atoms with van der Waals surface area (Å²) in [5.74, 6) is -0.974. The van der Waals surface area contributed by atoms with Crippen molar-refractivity contribution >= 4 is 45.1 Å². The van der Waals surface area contributed by atoms with Crippen molar-refractivity contribution in [3.8, 4) is 11.1 Å². The van der Waals surface area contributed by atoms with Gasteiger partial charge in [-0.2, -0.15) is 0 Å². The molecule has 10 heteroatoms. The third kappa shape index (κ3) is 4.52. The van der Waals surface area contributed by atoms with E-state index in [1.54, 1.807) is 17.5 Å². The predicted molar refractivity (Wildman–Crippen MR) is 103 cm³/mol. The molecule has 3 rings (SSSR count). The number of rotatable bonds is 6. The number of thiophene rings is 1. The fourth-order valence-electron chi connectivity index (χ4n) is 2.29. The van der Waals surface area contributed by atoms with Crippen LogP contribution < -0.4 is 16.2 Å². The monoisotopic (exact) mass is 406 g/mol. The number of likely N-dealkylation sites (N-methyl/N-ethyl adjacent to an activating group) is 1. The minimum absolute atomic E-state index is 0.0155. The highest BCUT2D eigenvalue weighted by atomic mass is 32.2. The Bertz CT molecular complexity index is 1050. The largest absolute Gasteiger partial charge is 0.358 e. The summed E-state index contributed by atoms with van der Waals surface area (Å²) in [6, 6.07) is 5.88. The zero-order valence-electron chi connectivity index (χ0n) is 14.2. The van der Waals surface area contributed by atoms with E-state index >= 15 is 0 Å². The Morgan fingerprint density at radius 1 is 1.26 bits per heavy atom. The summed E-state index contributed by atoms with van der Waals surface area (Å²) >= 11 is 2.37. The summed E-state index contributed by atoms with van der Waals surface area (Å²) in [6.07, 6.45) is 0. The molecule has 0 atom stereocenters. The Labute approximate surface area is 161 Å². The fourth-order valence-corrected chi connectivity index (χ4v) is 3.99. The highest BCUT2D eigenvalue weighted by molar-refractivity contribution is 7.99. The second-order valence-corrected chi connectivity index (χ2v) is 7.27. The smallest absolute Gasteiger partial charge is 0.260 e. The van der Waals surface area contributed by atoms with E-state index < -0.39 is 0 Å². The molecule has 7 nitrogen and oxygen atoms in total. The number of thioether (sulfide) groups is 1. The molecule has 140 valence electrons. The second kappa shape index (κ2) is 8.31. The number of nitrogens with one attached hydrogen (secondary N) is 3. The maximum Gasteiger partial charge on any atom is 0.260 e. The van der Waals surface area contributed by atoms with Crippen molar-refractivity contribution in [3.05, 3.63) is 45.8 Å². The summed E-state index contributed by atoms with van der Waals surface area (Å²) in [7, 11) is 1.48. The minimum atomic E-state index is -0.348. The molecular formula is C17H15FN4O3S2. The van der Waals surface area contributed by atoms with Crippen molar-refractivity contribution in [2.24, 2.45) is 0 Å². The minimum Gasteiger partial charge on any atom is -0.358 e. The quantitative estimate of drug-likeness (QED) is 0.427. The maximum absolute atomic E-state index is 13.1. The summed E-state index contributed by atoms with van der Waals surface area (Å²) in [5.41, 5.74) is 1.08. The molecule has 2 heterocycles. The molecule has 0 aliphatic rings. The van der Waals surface area contributed by atoms with E-state index in [1.807, 2.05) is 0 Å². The number of nitrogens with zero attached hydrogens (tertiary/aromatic N) is 1. The van der Waals surface area contributed by atoms with Crippen LogP contribution in [-0.4, -0.2) is 41.1 Å². The van der Waals surface area contributed by atoms with Crippen LogP contribution >= 0.6 is 23.1 Å². The molecule has 2 aromatic heterocycles. The van der Waals surface area contributed by atoms with Gasteiger partial charge in [-0.15, -0.1) is 11.3 Å². The Morgan fingerprint density at radius 2 is 2.00 bits per heavy atom. The number of H-pyrrole nitrogens is 1. The normalized spacial score (nSPS) is 10.7. The van der Waals surface area contributed by atoms with Gasteiger partial charge in [0, 0.05) is 18.0 Å². The number of benzene rings is 1. The topological polar surface area (TPSA) is 104 Å². The molecule has 0 spiro atoms. The van der Waals surface area contributed by atoms with Crippen molar-refractivity contribution in [2.75, 3.05) is 19.3 Å². The number of aromatic nitrogens is 2. The number of aromatic amines is 1. The van der Waals surface area contributed by atoms with Crippen molar-refractivity contribution in [3.63, 3.8) is 0 Å². The Hall–Kier alpha value is -2.72. The molecule has 0 saturated carbocycles. The molecule has 1 aromatic carbocycles. The maximum atomic E-state index is 13.1. The molecule has 0 unspecified atom stereocenters. The summed E-state index contributed by atoms with van der Waals surface area (Å²) < 4.78 is 13.1. The van der Waals surface area contributed by atoms with E-state index in [0.29, 0.717) is 20.9 Å². The van der Waals surface area contributed by atoms with Gasteiger partial charge in [-0.05, 0) is 17.7 Å². The number of hydrogen-bond acceptors (Lipinski definition) is 6. The van der Waals surface area contributed by atoms with Crippen LogP contribution in [0.3, 0.4) is 0 Å². The van der Waals surface area contributed by atoms with Crippen molar-refractivity contribution < 1.29 is 14.0 Å². The SMILES string of the molecule is CNC(=O)CNC(=O)CSc1nc2scc(-c3ccc(F)cc3)c2c(=O)[nH]1. The van der Waals surface area contributed by atoms with E-state index in [9.17, 15) is 18.8 Å². The number of fused-ring (bicyclic) bond motifs is 1. The highest BCUT2D eigenvalue weighted by Crippen LogP contribution is 2.31. The molecule has 0 bridgehead atoms. The predicted octanol–water partition coefficient (Wildman–Crippen LogP) is 1.74. The molecule has 27 heavy (non-hydrogen) atoms. The highest BCUT2D eigenvalue weighted by Gasteiger charge is 2.14. The first-order valence-electron chi connectivity index (χ1n) is 7.85.